The van der Waals surface area contributed by atoms with Crippen molar-refractivity contribution < 1.29 is 0 Å². The largest absolute Gasteiger partial charge is 0.369 e. The molecule has 1 N–H and O–H groups in total. The number of hydrogen-bond donors (Lipinski definition) is 1. The van der Waals surface area contributed by atoms with Gasteiger partial charge in [-0.3, -0.25) is 4.68 Å². The molecule has 0 bridgehead atoms. The fourth-order valence-electron chi connectivity index (χ4n) is 2.73. The lowest BCUT2D eigenvalue weighted by atomic mass is 9.95. The highest BCUT2D eigenvalue weighted by Crippen LogP contribution is 2.24. The third-order valence-corrected chi connectivity index (χ3v) is 3.84. The van der Waals surface area contributed by atoms with Gasteiger partial charge in [-0.2, -0.15) is 10.4 Å². The van der Waals surface area contributed by atoms with Gasteiger partial charge in [-0.1, -0.05) is 0 Å². The molecule has 0 saturated carbocycles. The van der Waals surface area contributed by atoms with Crippen molar-refractivity contribution in [1.82, 2.24) is 14.8 Å². The average molecular weight is 281 g/mol. The summed E-state index contributed by atoms with van der Waals surface area (Å²) in [5, 5.41) is 16.8. The summed E-state index contributed by atoms with van der Waals surface area (Å²) in [6.45, 7) is 1.66. The molecule has 0 amide bonds. The first-order valence-electron chi connectivity index (χ1n) is 7.51. The minimum Gasteiger partial charge on any atom is -0.369 e. The molecule has 5 heteroatoms. The van der Waals surface area contributed by atoms with Crippen molar-refractivity contribution in [1.29, 1.82) is 5.26 Å². The van der Waals surface area contributed by atoms with Gasteiger partial charge in [0.15, 0.2) is 0 Å². The molecule has 1 aliphatic carbocycles. The Morgan fingerprint density at radius 2 is 2.24 bits per heavy atom. The summed E-state index contributed by atoms with van der Waals surface area (Å²) < 4.78 is 1.91. The molecule has 5 nitrogen and oxygen atoms in total. The number of aryl methyl sites for hydroxylation is 3. The van der Waals surface area contributed by atoms with Crippen molar-refractivity contribution in [2.75, 3.05) is 11.9 Å². The van der Waals surface area contributed by atoms with Gasteiger partial charge >= 0.3 is 0 Å². The van der Waals surface area contributed by atoms with Crippen LogP contribution < -0.4 is 5.32 Å². The number of nitriles is 1. The average Bonchev–Trinajstić information content (AvgIpc) is 3.04. The third-order valence-electron chi connectivity index (χ3n) is 3.84. The molecule has 21 heavy (non-hydrogen) atoms. The molecule has 1 aliphatic rings. The number of hydrogen-bond acceptors (Lipinski definition) is 4. The van der Waals surface area contributed by atoms with Crippen molar-refractivity contribution in [3.05, 3.63) is 41.3 Å². The molecule has 0 fully saturated rings. The van der Waals surface area contributed by atoms with E-state index in [0.29, 0.717) is 5.56 Å². The third kappa shape index (κ3) is 3.22. The first-order valence-corrected chi connectivity index (χ1v) is 7.51. The van der Waals surface area contributed by atoms with Gasteiger partial charge in [0.1, 0.15) is 11.9 Å². The van der Waals surface area contributed by atoms with E-state index in [1.165, 1.54) is 18.4 Å². The molecular weight excluding hydrogens is 262 g/mol. The van der Waals surface area contributed by atoms with Gasteiger partial charge in [-0.05, 0) is 49.8 Å². The Bertz CT molecular complexity index is 639. The lowest BCUT2D eigenvalue weighted by Gasteiger charge is -2.17. The second kappa shape index (κ2) is 6.40. The fraction of sp³-hybridized carbons (Fsp3) is 0.438. The number of nitrogens with zero attached hydrogens (tertiary/aromatic N) is 4. The van der Waals surface area contributed by atoms with Gasteiger partial charge in [0.25, 0.3) is 0 Å². The van der Waals surface area contributed by atoms with Crippen molar-refractivity contribution in [3.63, 3.8) is 0 Å². The van der Waals surface area contributed by atoms with Crippen LogP contribution in [0.2, 0.25) is 0 Å². The smallest absolute Gasteiger partial charge is 0.144 e. The quantitative estimate of drug-likeness (QED) is 0.855. The topological polar surface area (TPSA) is 66.5 Å². The number of rotatable bonds is 5. The summed E-state index contributed by atoms with van der Waals surface area (Å²) in [5.74, 6) is 0.735. The van der Waals surface area contributed by atoms with Crippen LogP contribution in [0.5, 0.6) is 0 Å². The van der Waals surface area contributed by atoms with Gasteiger partial charge in [-0.25, -0.2) is 4.98 Å². The Kier molecular flexibility index (Phi) is 4.15. The van der Waals surface area contributed by atoms with E-state index in [-0.39, 0.29) is 0 Å². The number of aromatic nitrogens is 3. The van der Waals surface area contributed by atoms with Gasteiger partial charge in [0, 0.05) is 31.2 Å². The van der Waals surface area contributed by atoms with E-state index in [9.17, 15) is 5.26 Å². The maximum atomic E-state index is 9.28. The zero-order chi connectivity index (χ0) is 14.5. The number of anilines is 1. The van der Waals surface area contributed by atoms with Crippen LogP contribution in [0.25, 0.3) is 0 Å². The highest BCUT2D eigenvalue weighted by Gasteiger charge is 2.14. The molecule has 2 heterocycles. The normalized spacial score (nSPS) is 13.5. The number of nitrogens with one attached hydrogen (secondary N) is 1. The Balaban J connectivity index is 1.63. The van der Waals surface area contributed by atoms with Gasteiger partial charge in [0.2, 0.25) is 0 Å². The van der Waals surface area contributed by atoms with Crippen LogP contribution >= 0.6 is 0 Å². The zero-order valence-electron chi connectivity index (χ0n) is 12.0. The highest BCUT2D eigenvalue weighted by atomic mass is 15.3. The minimum absolute atomic E-state index is 0.662. The Morgan fingerprint density at radius 1 is 1.33 bits per heavy atom. The second-order valence-corrected chi connectivity index (χ2v) is 5.36. The number of fused-ring (bicyclic) bond motifs is 1. The Morgan fingerprint density at radius 3 is 3.05 bits per heavy atom. The molecule has 108 valence electrons. The fourth-order valence-corrected chi connectivity index (χ4v) is 2.73. The molecular formula is C16H19N5. The van der Waals surface area contributed by atoms with E-state index in [0.717, 1.165) is 43.9 Å². The lowest BCUT2D eigenvalue weighted by Crippen LogP contribution is -2.12. The Hall–Kier alpha value is -2.35. The first-order chi connectivity index (χ1) is 10.4. The van der Waals surface area contributed by atoms with Crippen molar-refractivity contribution >= 4 is 5.82 Å². The first kappa shape index (κ1) is 13.6. The van der Waals surface area contributed by atoms with Crippen LogP contribution in [0.3, 0.4) is 0 Å². The maximum absolute atomic E-state index is 9.28. The van der Waals surface area contributed by atoms with Crippen molar-refractivity contribution in [2.24, 2.45) is 0 Å². The highest BCUT2D eigenvalue weighted by molar-refractivity contribution is 5.54. The van der Waals surface area contributed by atoms with Crippen molar-refractivity contribution in [2.45, 2.75) is 38.6 Å². The summed E-state index contributed by atoms with van der Waals surface area (Å²) in [6.07, 6.45) is 9.18. The molecule has 3 rings (SSSR count). The summed E-state index contributed by atoms with van der Waals surface area (Å²) in [4.78, 5) is 4.66. The predicted octanol–water partition coefficient (Wildman–Crippen LogP) is 2.53. The molecule has 0 aliphatic heterocycles. The summed E-state index contributed by atoms with van der Waals surface area (Å²) in [6, 6.07) is 6.19. The zero-order valence-corrected chi connectivity index (χ0v) is 12.0. The molecule has 2 aromatic heterocycles. The summed E-state index contributed by atoms with van der Waals surface area (Å²) >= 11 is 0. The monoisotopic (exact) mass is 281 g/mol. The number of pyridine rings is 1. The molecule has 0 saturated heterocycles. The van der Waals surface area contributed by atoms with E-state index in [4.69, 9.17) is 0 Å². The molecule has 0 radical (unpaired) electrons. The Labute approximate surface area is 124 Å². The van der Waals surface area contributed by atoms with E-state index < -0.39 is 0 Å². The van der Waals surface area contributed by atoms with Crippen LogP contribution in [-0.2, 0) is 19.4 Å². The predicted molar refractivity (Wildman–Crippen MR) is 80.9 cm³/mol. The van der Waals surface area contributed by atoms with Crippen LogP contribution in [0.15, 0.2) is 24.5 Å². The van der Waals surface area contributed by atoms with Crippen LogP contribution in [-0.4, -0.2) is 21.3 Å². The summed E-state index contributed by atoms with van der Waals surface area (Å²) in [5.41, 5.74) is 3.07. The maximum Gasteiger partial charge on any atom is 0.144 e. The standard InChI is InChI=1S/C16H19N5/c17-12-14-11-13-5-1-2-6-15(13)20-16(14)18-7-3-9-21-10-4-8-19-21/h4,8,10-11H,1-3,5-7,9H2,(H,18,20). The van der Waals surface area contributed by atoms with Crippen LogP contribution in [0.1, 0.15) is 36.1 Å². The van der Waals surface area contributed by atoms with E-state index in [1.807, 2.05) is 23.0 Å². The van der Waals surface area contributed by atoms with E-state index >= 15 is 0 Å². The molecule has 0 spiro atoms. The molecule has 2 aromatic rings. The molecule has 0 unspecified atom stereocenters. The van der Waals surface area contributed by atoms with Crippen molar-refractivity contribution in [3.8, 4) is 6.07 Å². The van der Waals surface area contributed by atoms with Gasteiger partial charge in [0.05, 0.1) is 5.56 Å². The van der Waals surface area contributed by atoms with E-state index in [2.05, 4.69) is 21.5 Å². The van der Waals surface area contributed by atoms with Crippen LogP contribution in [0.4, 0.5) is 5.82 Å². The van der Waals surface area contributed by atoms with Gasteiger partial charge < -0.3 is 5.32 Å². The lowest BCUT2D eigenvalue weighted by molar-refractivity contribution is 0.591. The molecule has 0 aromatic carbocycles. The SMILES string of the molecule is N#Cc1cc2c(nc1NCCCn1cccn1)CCCC2. The summed E-state index contributed by atoms with van der Waals surface area (Å²) in [7, 11) is 0. The second-order valence-electron chi connectivity index (χ2n) is 5.36. The minimum atomic E-state index is 0.662. The van der Waals surface area contributed by atoms with Gasteiger partial charge in [-0.15, -0.1) is 0 Å². The van der Waals surface area contributed by atoms with E-state index in [1.54, 1.807) is 6.20 Å². The van der Waals surface area contributed by atoms with Crippen LogP contribution in [0, 0.1) is 11.3 Å². The molecule has 0 atom stereocenters.